The second kappa shape index (κ2) is 13.7. The van der Waals surface area contributed by atoms with Gasteiger partial charge in [0.05, 0.1) is 14.2 Å². The highest BCUT2D eigenvalue weighted by Crippen LogP contribution is 2.85. The fraction of sp³-hybridized carbons (Fsp3) is 0.419. The summed E-state index contributed by atoms with van der Waals surface area (Å²) in [6, 6.07) is 30.5. The zero-order valence-corrected chi connectivity index (χ0v) is 40.2. The van der Waals surface area contributed by atoms with Crippen molar-refractivity contribution >= 4 is 0 Å². The maximum Gasteiger partial charge on any atom is 0.122 e. The van der Waals surface area contributed by atoms with Crippen LogP contribution in [0.15, 0.2) is 72.8 Å². The Kier molecular flexibility index (Phi) is 8.67. The minimum absolute atomic E-state index is 0.112. The molecule has 0 aromatic heterocycles. The van der Waals surface area contributed by atoms with Gasteiger partial charge in [-0.3, -0.25) is 0 Å². The second-order valence-electron chi connectivity index (χ2n) is 21.4. The molecule has 0 spiro atoms. The van der Waals surface area contributed by atoms with Gasteiger partial charge >= 0.3 is 0 Å². The summed E-state index contributed by atoms with van der Waals surface area (Å²) in [6.45, 7) is 19.7. The van der Waals surface area contributed by atoms with Gasteiger partial charge in [0.25, 0.3) is 0 Å². The van der Waals surface area contributed by atoms with Crippen molar-refractivity contribution in [3.05, 3.63) is 195 Å². The Labute approximate surface area is 382 Å². The van der Waals surface area contributed by atoms with Crippen LogP contribution in [0.3, 0.4) is 0 Å². The summed E-state index contributed by atoms with van der Waals surface area (Å²) in [5.41, 5.74) is 33.2. The SMILES string of the molecule is CCCC12c3cc4c(cc3[C@@]3(CCC)c5cc6c(cc5[C@@](CCC)(c5cc7c(cc51)Cc1c(C)ccc(C)c1C7)C23C)Cc1c(OC)ccc(OC)c1C6)Cc1c(C)ccc(C)c1C4. The quantitative estimate of drug-likeness (QED) is 0.152. The summed E-state index contributed by atoms with van der Waals surface area (Å²) in [5.74, 6) is 1.96. The van der Waals surface area contributed by atoms with E-state index >= 15 is 0 Å². The maximum atomic E-state index is 6.10. The molecule has 64 heavy (non-hydrogen) atoms. The Morgan fingerprint density at radius 2 is 0.609 bits per heavy atom. The molecule has 0 heterocycles. The van der Waals surface area contributed by atoms with Crippen LogP contribution in [0, 0.1) is 33.1 Å². The van der Waals surface area contributed by atoms with Crippen molar-refractivity contribution < 1.29 is 9.47 Å². The summed E-state index contributed by atoms with van der Waals surface area (Å²) in [7, 11) is 3.66. The molecule has 0 N–H and O–H groups in total. The van der Waals surface area contributed by atoms with Gasteiger partial charge < -0.3 is 9.47 Å². The largest absolute Gasteiger partial charge is 0.496 e. The van der Waals surface area contributed by atoms with Crippen LogP contribution < -0.4 is 9.47 Å². The van der Waals surface area contributed by atoms with E-state index in [2.05, 4.69) is 128 Å². The van der Waals surface area contributed by atoms with E-state index in [1.54, 1.807) is 77.9 Å². The molecular formula is C62H66O2. The van der Waals surface area contributed by atoms with Crippen molar-refractivity contribution in [1.29, 1.82) is 0 Å². The van der Waals surface area contributed by atoms with Gasteiger partial charge in [-0.15, -0.1) is 0 Å². The molecule has 326 valence electrons. The normalized spacial score (nSPS) is 24.3. The van der Waals surface area contributed by atoms with E-state index < -0.39 is 0 Å². The topological polar surface area (TPSA) is 18.5 Å². The molecule has 2 unspecified atom stereocenters. The first kappa shape index (κ1) is 40.4. The van der Waals surface area contributed by atoms with Crippen molar-refractivity contribution in [1.82, 2.24) is 0 Å². The third kappa shape index (κ3) is 4.59. The summed E-state index contributed by atoms with van der Waals surface area (Å²) in [4.78, 5) is 0. The summed E-state index contributed by atoms with van der Waals surface area (Å²) >= 11 is 0. The summed E-state index contributed by atoms with van der Waals surface area (Å²) in [5, 5.41) is 0. The highest BCUT2D eigenvalue weighted by molar-refractivity contribution is 5.80. The number of methoxy groups -OCH3 is 2. The number of ether oxygens (including phenoxy) is 2. The molecule has 0 radical (unpaired) electrons. The molecular weight excluding hydrogens is 777 g/mol. The van der Waals surface area contributed by atoms with Gasteiger partial charge in [-0.2, -0.15) is 0 Å². The fourth-order valence-electron chi connectivity index (χ4n) is 16.4. The van der Waals surface area contributed by atoms with Crippen LogP contribution in [-0.4, -0.2) is 14.2 Å². The minimum atomic E-state index is -0.156. The van der Waals surface area contributed by atoms with Gasteiger partial charge in [-0.1, -0.05) is 108 Å². The molecule has 2 nitrogen and oxygen atoms in total. The number of hydrogen-bond donors (Lipinski definition) is 0. The van der Waals surface area contributed by atoms with Gasteiger partial charge in [0.2, 0.25) is 0 Å². The average molecular weight is 843 g/mol. The molecule has 0 bridgehead atoms. The Balaban J connectivity index is 1.21. The van der Waals surface area contributed by atoms with Gasteiger partial charge in [0.1, 0.15) is 11.5 Å². The molecule has 0 saturated heterocycles. The zero-order valence-electron chi connectivity index (χ0n) is 40.2. The van der Waals surface area contributed by atoms with Gasteiger partial charge in [-0.05, 0) is 196 Å². The average Bonchev–Trinajstić information content (AvgIpc) is 3.69. The van der Waals surface area contributed by atoms with Crippen LogP contribution in [-0.2, 0) is 54.8 Å². The Hall–Kier alpha value is -5.08. The van der Waals surface area contributed by atoms with Crippen LogP contribution in [0.4, 0.5) is 0 Å². The van der Waals surface area contributed by atoms with Crippen LogP contribution in [0.5, 0.6) is 11.5 Å². The third-order valence-corrected chi connectivity index (χ3v) is 19.0. The fourth-order valence-corrected chi connectivity index (χ4v) is 16.4. The van der Waals surface area contributed by atoms with Crippen molar-refractivity contribution in [2.24, 2.45) is 5.41 Å². The lowest BCUT2D eigenvalue weighted by Crippen LogP contribution is -2.54. The molecule has 6 aromatic rings. The lowest BCUT2D eigenvalue weighted by molar-refractivity contribution is 0.0540. The minimum Gasteiger partial charge on any atom is -0.496 e. The van der Waals surface area contributed by atoms with Crippen molar-refractivity contribution in [3.8, 4) is 11.5 Å². The molecule has 0 amide bonds. The number of rotatable bonds is 8. The van der Waals surface area contributed by atoms with Crippen LogP contribution in [0.1, 0.15) is 189 Å². The second-order valence-corrected chi connectivity index (χ2v) is 21.4. The van der Waals surface area contributed by atoms with E-state index in [1.165, 1.54) is 44.5 Å². The van der Waals surface area contributed by atoms with Gasteiger partial charge in [0.15, 0.2) is 0 Å². The van der Waals surface area contributed by atoms with E-state index in [0.29, 0.717) is 0 Å². The predicted molar refractivity (Wildman–Crippen MR) is 263 cm³/mol. The van der Waals surface area contributed by atoms with E-state index in [0.717, 1.165) is 88.5 Å². The van der Waals surface area contributed by atoms with Crippen molar-refractivity contribution in [2.75, 3.05) is 14.2 Å². The Morgan fingerprint density at radius 1 is 0.375 bits per heavy atom. The molecule has 0 aliphatic heterocycles. The maximum absolute atomic E-state index is 6.10. The van der Waals surface area contributed by atoms with Gasteiger partial charge in [-0.25, -0.2) is 0 Å². The van der Waals surface area contributed by atoms with Gasteiger partial charge in [0, 0.05) is 45.6 Å². The smallest absolute Gasteiger partial charge is 0.122 e. The lowest BCUT2D eigenvalue weighted by atomic mass is 9.48. The highest BCUT2D eigenvalue weighted by Gasteiger charge is 2.82. The lowest BCUT2D eigenvalue weighted by Gasteiger charge is -2.53. The standard InChI is InChI=1S/C62H66O2/c1-11-20-60-51-29-39-23-45-35(4)14-16-37(6)47(45)25-41(39)31-53(51)61(21-12-2)55-33-43-27-49-50(58(64-10)19-18-57(49)63-9)28-44(43)34-56(55)62(22-13-3,59(60,61)8)54-32-42-26-48-38(7)17-15-36(5)46(48)24-40(42)30-52(54)60/h14-19,29-34H,11-13,20-28H2,1-10H3/t59?,60?,61-,62+. The van der Waals surface area contributed by atoms with Crippen LogP contribution in [0.25, 0.3) is 0 Å². The van der Waals surface area contributed by atoms with Crippen molar-refractivity contribution in [3.63, 3.8) is 0 Å². The molecule has 4 atom stereocenters. The van der Waals surface area contributed by atoms with Crippen LogP contribution in [0.2, 0.25) is 0 Å². The predicted octanol–water partition coefficient (Wildman–Crippen LogP) is 14.0. The summed E-state index contributed by atoms with van der Waals surface area (Å²) < 4.78 is 12.2. The first-order chi connectivity index (χ1) is 31.0. The van der Waals surface area contributed by atoms with Crippen LogP contribution >= 0.6 is 0 Å². The van der Waals surface area contributed by atoms with E-state index in [1.807, 2.05) is 14.2 Å². The van der Waals surface area contributed by atoms with Crippen molar-refractivity contribution in [2.45, 2.75) is 149 Å². The number of hydrogen-bond acceptors (Lipinski definition) is 2. The van der Waals surface area contributed by atoms with E-state index in [9.17, 15) is 0 Å². The Morgan fingerprint density at radius 3 is 0.828 bits per heavy atom. The molecule has 12 rings (SSSR count). The van der Waals surface area contributed by atoms with E-state index in [4.69, 9.17) is 9.47 Å². The monoisotopic (exact) mass is 843 g/mol. The molecule has 0 saturated carbocycles. The molecule has 2 heteroatoms. The summed E-state index contributed by atoms with van der Waals surface area (Å²) in [6.07, 6.45) is 12.8. The first-order valence-electron chi connectivity index (χ1n) is 24.8. The first-order valence-corrected chi connectivity index (χ1v) is 24.8. The zero-order chi connectivity index (χ0) is 44.2. The highest BCUT2D eigenvalue weighted by atomic mass is 16.5. The number of fused-ring (bicyclic) bond motifs is 15. The molecule has 6 aromatic carbocycles. The Bertz CT molecular complexity index is 2840. The van der Waals surface area contributed by atoms with E-state index in [-0.39, 0.29) is 21.7 Å². The molecule has 0 fully saturated rings. The molecule has 6 aliphatic rings. The third-order valence-electron chi connectivity index (χ3n) is 19.0. The molecule has 6 aliphatic carbocycles. The number of aryl methyl sites for hydroxylation is 4. The number of benzene rings is 6.